The largest absolute Gasteiger partial charge is 0.485 e. The number of benzene rings is 1. The van der Waals surface area contributed by atoms with Crippen LogP contribution < -0.4 is 10.1 Å². The SMILES string of the molecule is CCCN(C)CC1CNc2ccccc2O1. The zero-order chi connectivity index (χ0) is 11.4. The number of para-hydroxylation sites is 2. The van der Waals surface area contributed by atoms with E-state index in [1.807, 2.05) is 18.2 Å². The Morgan fingerprint density at radius 3 is 3.06 bits per heavy atom. The van der Waals surface area contributed by atoms with Gasteiger partial charge < -0.3 is 15.0 Å². The molecular weight excluding hydrogens is 200 g/mol. The van der Waals surface area contributed by atoms with Gasteiger partial charge in [-0.15, -0.1) is 0 Å². The first-order chi connectivity index (χ1) is 7.79. The lowest BCUT2D eigenvalue weighted by Gasteiger charge is -2.30. The van der Waals surface area contributed by atoms with E-state index in [0.717, 1.165) is 31.1 Å². The van der Waals surface area contributed by atoms with Gasteiger partial charge in [-0.3, -0.25) is 0 Å². The first-order valence-electron chi connectivity index (χ1n) is 5.97. The van der Waals surface area contributed by atoms with Crippen molar-refractivity contribution in [2.24, 2.45) is 0 Å². The van der Waals surface area contributed by atoms with Gasteiger partial charge in [0.25, 0.3) is 0 Å². The highest BCUT2D eigenvalue weighted by Gasteiger charge is 2.19. The van der Waals surface area contributed by atoms with Crippen LogP contribution in [0.2, 0.25) is 0 Å². The van der Waals surface area contributed by atoms with Crippen LogP contribution in [-0.4, -0.2) is 37.7 Å². The minimum atomic E-state index is 0.256. The van der Waals surface area contributed by atoms with Gasteiger partial charge in [-0.25, -0.2) is 0 Å². The molecule has 1 aromatic carbocycles. The molecule has 0 saturated carbocycles. The van der Waals surface area contributed by atoms with Crippen LogP contribution in [0, 0.1) is 0 Å². The minimum Gasteiger partial charge on any atom is -0.485 e. The van der Waals surface area contributed by atoms with Crippen molar-refractivity contribution in [3.05, 3.63) is 24.3 Å². The van der Waals surface area contributed by atoms with Crippen LogP contribution in [0.15, 0.2) is 24.3 Å². The van der Waals surface area contributed by atoms with E-state index in [1.54, 1.807) is 0 Å². The molecule has 3 heteroatoms. The standard InChI is InChI=1S/C13H20N2O/c1-3-8-15(2)10-11-9-14-12-6-4-5-7-13(12)16-11/h4-7,11,14H,3,8-10H2,1-2H3. The van der Waals surface area contributed by atoms with Gasteiger partial charge in [0.2, 0.25) is 0 Å². The van der Waals surface area contributed by atoms with Gasteiger partial charge in [0, 0.05) is 6.54 Å². The maximum atomic E-state index is 5.94. The van der Waals surface area contributed by atoms with Crippen LogP contribution >= 0.6 is 0 Å². The Morgan fingerprint density at radius 1 is 1.44 bits per heavy atom. The maximum absolute atomic E-state index is 5.94. The molecule has 0 fully saturated rings. The molecule has 0 radical (unpaired) electrons. The molecule has 1 aromatic rings. The van der Waals surface area contributed by atoms with Crippen molar-refractivity contribution in [1.29, 1.82) is 0 Å². The second-order valence-electron chi connectivity index (χ2n) is 4.38. The molecule has 0 aliphatic carbocycles. The number of ether oxygens (including phenoxy) is 1. The number of likely N-dealkylation sites (N-methyl/N-ethyl adjacent to an activating group) is 1. The zero-order valence-corrected chi connectivity index (χ0v) is 10.1. The van der Waals surface area contributed by atoms with Crippen LogP contribution in [-0.2, 0) is 0 Å². The molecule has 1 N–H and O–H groups in total. The van der Waals surface area contributed by atoms with E-state index in [0.29, 0.717) is 0 Å². The summed E-state index contributed by atoms with van der Waals surface area (Å²) in [5.74, 6) is 0.976. The number of hydrogen-bond donors (Lipinski definition) is 1. The number of hydrogen-bond acceptors (Lipinski definition) is 3. The third-order valence-corrected chi connectivity index (χ3v) is 2.82. The molecule has 3 nitrogen and oxygen atoms in total. The molecule has 0 aromatic heterocycles. The van der Waals surface area contributed by atoms with Gasteiger partial charge >= 0.3 is 0 Å². The number of fused-ring (bicyclic) bond motifs is 1. The predicted octanol–water partition coefficient (Wildman–Crippen LogP) is 2.20. The Balaban J connectivity index is 1.92. The van der Waals surface area contributed by atoms with Crippen LogP contribution in [0.5, 0.6) is 5.75 Å². The van der Waals surface area contributed by atoms with Crippen LogP contribution in [0.25, 0.3) is 0 Å². The lowest BCUT2D eigenvalue weighted by atomic mass is 10.2. The Labute approximate surface area is 97.4 Å². The Morgan fingerprint density at radius 2 is 2.25 bits per heavy atom. The quantitative estimate of drug-likeness (QED) is 0.842. The maximum Gasteiger partial charge on any atom is 0.142 e. The topological polar surface area (TPSA) is 24.5 Å². The molecule has 1 unspecified atom stereocenters. The second-order valence-corrected chi connectivity index (χ2v) is 4.38. The summed E-state index contributed by atoms with van der Waals surface area (Å²) in [5.41, 5.74) is 1.11. The van der Waals surface area contributed by atoms with Gasteiger partial charge in [-0.1, -0.05) is 19.1 Å². The van der Waals surface area contributed by atoms with E-state index < -0.39 is 0 Å². The summed E-state index contributed by atoms with van der Waals surface area (Å²) in [5, 5.41) is 3.41. The molecule has 0 saturated heterocycles. The monoisotopic (exact) mass is 220 g/mol. The smallest absolute Gasteiger partial charge is 0.142 e. The van der Waals surface area contributed by atoms with Crippen LogP contribution in [0.3, 0.4) is 0 Å². The summed E-state index contributed by atoms with van der Waals surface area (Å²) in [6.07, 6.45) is 1.44. The third-order valence-electron chi connectivity index (χ3n) is 2.82. The summed E-state index contributed by atoms with van der Waals surface area (Å²) < 4.78 is 5.94. The molecule has 16 heavy (non-hydrogen) atoms. The molecule has 1 atom stereocenters. The second kappa shape index (κ2) is 5.21. The number of nitrogens with one attached hydrogen (secondary N) is 1. The summed E-state index contributed by atoms with van der Waals surface area (Å²) in [7, 11) is 2.15. The average molecular weight is 220 g/mol. The summed E-state index contributed by atoms with van der Waals surface area (Å²) in [4.78, 5) is 2.32. The minimum absolute atomic E-state index is 0.256. The Hall–Kier alpha value is -1.22. The van der Waals surface area contributed by atoms with Crippen LogP contribution in [0.4, 0.5) is 5.69 Å². The molecule has 1 aliphatic rings. The summed E-state index contributed by atoms with van der Waals surface area (Å²) >= 11 is 0. The number of rotatable bonds is 4. The lowest BCUT2D eigenvalue weighted by Crippen LogP contribution is -2.40. The van der Waals surface area contributed by atoms with Gasteiger partial charge in [0.1, 0.15) is 11.9 Å². The molecule has 0 bridgehead atoms. The van der Waals surface area contributed by atoms with Crippen molar-refractivity contribution >= 4 is 5.69 Å². The van der Waals surface area contributed by atoms with Gasteiger partial charge in [0.15, 0.2) is 0 Å². The highest BCUT2D eigenvalue weighted by atomic mass is 16.5. The lowest BCUT2D eigenvalue weighted by molar-refractivity contribution is 0.151. The highest BCUT2D eigenvalue weighted by molar-refractivity contribution is 5.57. The fourth-order valence-electron chi connectivity index (χ4n) is 2.08. The van der Waals surface area contributed by atoms with Crippen molar-refractivity contribution in [1.82, 2.24) is 4.90 Å². The number of anilines is 1. The van der Waals surface area contributed by atoms with Crippen molar-refractivity contribution in [3.8, 4) is 5.75 Å². The van der Waals surface area contributed by atoms with Crippen LogP contribution in [0.1, 0.15) is 13.3 Å². The summed E-state index contributed by atoms with van der Waals surface area (Å²) in [6.45, 7) is 5.20. The van der Waals surface area contributed by atoms with Gasteiger partial charge in [-0.2, -0.15) is 0 Å². The van der Waals surface area contributed by atoms with Gasteiger partial charge in [-0.05, 0) is 32.1 Å². The van der Waals surface area contributed by atoms with E-state index in [9.17, 15) is 0 Å². The fourth-order valence-corrected chi connectivity index (χ4v) is 2.08. The average Bonchev–Trinajstić information content (AvgIpc) is 2.29. The predicted molar refractivity (Wildman–Crippen MR) is 67.1 cm³/mol. The van der Waals surface area contributed by atoms with E-state index in [2.05, 4.69) is 30.3 Å². The van der Waals surface area contributed by atoms with E-state index in [1.165, 1.54) is 6.42 Å². The molecular formula is C13H20N2O. The zero-order valence-electron chi connectivity index (χ0n) is 10.1. The Kier molecular flexibility index (Phi) is 3.67. The fraction of sp³-hybridized carbons (Fsp3) is 0.538. The molecule has 0 amide bonds. The third kappa shape index (κ3) is 2.67. The first-order valence-corrected chi connectivity index (χ1v) is 5.97. The van der Waals surface area contributed by atoms with E-state index in [-0.39, 0.29) is 6.10 Å². The van der Waals surface area contributed by atoms with Gasteiger partial charge in [0.05, 0.1) is 12.2 Å². The molecule has 0 spiro atoms. The van der Waals surface area contributed by atoms with E-state index in [4.69, 9.17) is 4.74 Å². The first kappa shape index (κ1) is 11.3. The van der Waals surface area contributed by atoms with Crippen molar-refractivity contribution in [2.45, 2.75) is 19.4 Å². The molecule has 2 rings (SSSR count). The van der Waals surface area contributed by atoms with Crippen molar-refractivity contribution in [3.63, 3.8) is 0 Å². The number of nitrogens with zero attached hydrogens (tertiary/aromatic N) is 1. The Bertz CT molecular complexity index is 340. The highest BCUT2D eigenvalue weighted by Crippen LogP contribution is 2.28. The van der Waals surface area contributed by atoms with Crippen molar-refractivity contribution in [2.75, 3.05) is 32.0 Å². The summed E-state index contributed by atoms with van der Waals surface area (Å²) in [6, 6.07) is 8.12. The molecule has 88 valence electrons. The molecule has 1 heterocycles. The molecule has 1 aliphatic heterocycles. The normalized spacial score (nSPS) is 18.8. The van der Waals surface area contributed by atoms with E-state index >= 15 is 0 Å². The van der Waals surface area contributed by atoms with Crippen molar-refractivity contribution < 1.29 is 4.74 Å².